The van der Waals surface area contributed by atoms with Gasteiger partial charge in [0.2, 0.25) is 5.91 Å². The predicted octanol–water partition coefficient (Wildman–Crippen LogP) is 4.14. The second kappa shape index (κ2) is 8.84. The van der Waals surface area contributed by atoms with Crippen LogP contribution in [0.15, 0.2) is 48.5 Å². The zero-order chi connectivity index (χ0) is 20.1. The molecule has 1 fully saturated rings. The monoisotopic (exact) mass is 383 g/mol. The molecule has 7 heteroatoms. The Bertz CT molecular complexity index is 835. The molecule has 1 aliphatic heterocycles. The Balaban J connectivity index is 1.91. The summed E-state index contributed by atoms with van der Waals surface area (Å²) in [5, 5.41) is 11.8. The van der Waals surface area contributed by atoms with Gasteiger partial charge in [0.25, 0.3) is 5.69 Å². The highest BCUT2D eigenvalue weighted by molar-refractivity contribution is 5.99. The molecular formula is C21H25N3O4. The van der Waals surface area contributed by atoms with E-state index in [9.17, 15) is 14.9 Å². The first-order valence-corrected chi connectivity index (χ1v) is 9.40. The average molecular weight is 383 g/mol. The van der Waals surface area contributed by atoms with E-state index < -0.39 is 0 Å². The van der Waals surface area contributed by atoms with Gasteiger partial charge in [-0.05, 0) is 43.0 Å². The molecule has 1 aliphatic rings. The van der Waals surface area contributed by atoms with E-state index in [0.717, 1.165) is 32.6 Å². The second-order valence-corrected chi connectivity index (χ2v) is 7.06. The fraction of sp³-hybridized carbons (Fsp3) is 0.381. The minimum absolute atomic E-state index is 0.00533. The number of carbonyl (C=O) groups excluding carboxylic acids is 1. The summed E-state index contributed by atoms with van der Waals surface area (Å²) in [4.78, 5) is 27.0. The standard InChI is InChI=1S/C21H25N3O4/c1-16(25)23(18-6-4-3-5-7-18)19-8-9-20(21(14-19)24(26)27)22(2)15-17-10-12-28-13-11-17/h3-9,14,17H,10-13,15H2,1-2H3. The van der Waals surface area contributed by atoms with Crippen LogP contribution in [0.1, 0.15) is 19.8 Å². The van der Waals surface area contributed by atoms with E-state index in [4.69, 9.17) is 4.74 Å². The first-order valence-electron chi connectivity index (χ1n) is 9.40. The third-order valence-corrected chi connectivity index (χ3v) is 5.03. The quantitative estimate of drug-likeness (QED) is 0.553. The van der Waals surface area contributed by atoms with Crippen LogP contribution in [0.4, 0.5) is 22.7 Å². The molecule has 0 N–H and O–H groups in total. The van der Waals surface area contributed by atoms with Gasteiger partial charge in [0.15, 0.2) is 0 Å². The average Bonchev–Trinajstić information content (AvgIpc) is 2.69. The Morgan fingerprint density at radius 3 is 2.43 bits per heavy atom. The number of para-hydroxylation sites is 1. The van der Waals surface area contributed by atoms with Gasteiger partial charge in [-0.2, -0.15) is 0 Å². The number of benzene rings is 2. The number of hydrogen-bond donors (Lipinski definition) is 0. The molecule has 0 bridgehead atoms. The number of nitro groups is 1. The Labute approximate surface area is 164 Å². The Hall–Kier alpha value is -2.93. The van der Waals surface area contributed by atoms with Crippen molar-refractivity contribution in [2.24, 2.45) is 5.92 Å². The fourth-order valence-electron chi connectivity index (χ4n) is 3.62. The van der Waals surface area contributed by atoms with Crippen molar-refractivity contribution in [2.45, 2.75) is 19.8 Å². The molecule has 2 aromatic rings. The SMILES string of the molecule is CC(=O)N(c1ccccc1)c1ccc(N(C)CC2CCOCC2)c([N+](=O)[O-])c1. The molecular weight excluding hydrogens is 358 g/mol. The largest absolute Gasteiger partial charge is 0.381 e. The normalized spacial score (nSPS) is 14.5. The minimum atomic E-state index is -0.386. The van der Waals surface area contributed by atoms with Crippen molar-refractivity contribution in [3.63, 3.8) is 0 Å². The highest BCUT2D eigenvalue weighted by atomic mass is 16.6. The molecule has 1 heterocycles. The van der Waals surface area contributed by atoms with Crippen LogP contribution >= 0.6 is 0 Å². The van der Waals surface area contributed by atoms with Crippen molar-refractivity contribution < 1.29 is 14.5 Å². The molecule has 0 saturated carbocycles. The zero-order valence-electron chi connectivity index (χ0n) is 16.2. The third kappa shape index (κ3) is 4.48. The maximum Gasteiger partial charge on any atom is 0.294 e. The minimum Gasteiger partial charge on any atom is -0.381 e. The van der Waals surface area contributed by atoms with Crippen LogP contribution in [0, 0.1) is 16.0 Å². The smallest absolute Gasteiger partial charge is 0.294 e. The van der Waals surface area contributed by atoms with Crippen molar-refractivity contribution >= 4 is 28.7 Å². The lowest BCUT2D eigenvalue weighted by Crippen LogP contribution is -2.30. The lowest BCUT2D eigenvalue weighted by molar-refractivity contribution is -0.384. The molecule has 1 amide bonds. The first-order chi connectivity index (χ1) is 13.5. The number of anilines is 3. The van der Waals surface area contributed by atoms with Gasteiger partial charge in [-0.3, -0.25) is 19.8 Å². The summed E-state index contributed by atoms with van der Waals surface area (Å²) in [7, 11) is 1.87. The van der Waals surface area contributed by atoms with Crippen LogP contribution in [0.25, 0.3) is 0 Å². The van der Waals surface area contributed by atoms with Crippen LogP contribution in [-0.4, -0.2) is 37.6 Å². The maximum absolute atomic E-state index is 12.2. The molecule has 0 radical (unpaired) electrons. The fourth-order valence-corrected chi connectivity index (χ4v) is 3.62. The van der Waals surface area contributed by atoms with Crippen LogP contribution < -0.4 is 9.80 Å². The van der Waals surface area contributed by atoms with Crippen molar-refractivity contribution in [1.29, 1.82) is 0 Å². The topological polar surface area (TPSA) is 75.9 Å². The van der Waals surface area contributed by atoms with E-state index in [1.165, 1.54) is 17.9 Å². The molecule has 1 saturated heterocycles. The second-order valence-electron chi connectivity index (χ2n) is 7.06. The van der Waals surface area contributed by atoms with E-state index in [-0.39, 0.29) is 16.5 Å². The van der Waals surface area contributed by atoms with Crippen LogP contribution in [-0.2, 0) is 9.53 Å². The summed E-state index contributed by atoms with van der Waals surface area (Å²) in [5.41, 5.74) is 1.70. The summed E-state index contributed by atoms with van der Waals surface area (Å²) in [6.07, 6.45) is 1.92. The summed E-state index contributed by atoms with van der Waals surface area (Å²) in [5.74, 6) is 0.250. The zero-order valence-corrected chi connectivity index (χ0v) is 16.2. The Kier molecular flexibility index (Phi) is 6.26. The van der Waals surface area contributed by atoms with Crippen molar-refractivity contribution in [3.8, 4) is 0 Å². The maximum atomic E-state index is 12.2. The van der Waals surface area contributed by atoms with Gasteiger partial charge in [0.05, 0.1) is 10.6 Å². The molecule has 0 aliphatic carbocycles. The molecule has 0 atom stereocenters. The van der Waals surface area contributed by atoms with Crippen molar-refractivity contribution in [3.05, 3.63) is 58.6 Å². The van der Waals surface area contributed by atoms with Crippen LogP contribution in [0.3, 0.4) is 0 Å². The third-order valence-electron chi connectivity index (χ3n) is 5.03. The molecule has 3 rings (SSSR count). The summed E-state index contributed by atoms with van der Waals surface area (Å²) < 4.78 is 5.39. The van der Waals surface area contributed by atoms with E-state index in [0.29, 0.717) is 23.0 Å². The van der Waals surface area contributed by atoms with E-state index in [1.807, 2.05) is 30.1 Å². The predicted molar refractivity (Wildman–Crippen MR) is 109 cm³/mol. The van der Waals surface area contributed by atoms with Crippen molar-refractivity contribution in [2.75, 3.05) is 36.6 Å². The van der Waals surface area contributed by atoms with Crippen molar-refractivity contribution in [1.82, 2.24) is 0 Å². The molecule has 0 aromatic heterocycles. The lowest BCUT2D eigenvalue weighted by Gasteiger charge is -2.28. The van der Waals surface area contributed by atoms with E-state index in [2.05, 4.69) is 0 Å². The number of nitrogens with zero attached hydrogens (tertiary/aromatic N) is 3. The summed E-state index contributed by atoms with van der Waals surface area (Å²) in [6.45, 7) is 3.66. The molecule has 0 spiro atoms. The van der Waals surface area contributed by atoms with Gasteiger partial charge >= 0.3 is 0 Å². The molecule has 7 nitrogen and oxygen atoms in total. The summed E-state index contributed by atoms with van der Waals surface area (Å²) >= 11 is 0. The number of rotatable bonds is 6. The van der Waals surface area contributed by atoms with E-state index >= 15 is 0 Å². The summed E-state index contributed by atoms with van der Waals surface area (Å²) in [6, 6.07) is 14.1. The Morgan fingerprint density at radius 1 is 1.14 bits per heavy atom. The Morgan fingerprint density at radius 2 is 1.82 bits per heavy atom. The number of hydrogen-bond acceptors (Lipinski definition) is 5. The molecule has 0 unspecified atom stereocenters. The van der Waals surface area contributed by atoms with E-state index in [1.54, 1.807) is 24.3 Å². The molecule has 148 valence electrons. The highest BCUT2D eigenvalue weighted by Crippen LogP contribution is 2.35. The lowest BCUT2D eigenvalue weighted by atomic mass is 9.99. The first kappa shape index (κ1) is 19.8. The van der Waals surface area contributed by atoms with Gasteiger partial charge in [-0.15, -0.1) is 0 Å². The number of carbonyl (C=O) groups is 1. The van der Waals surface area contributed by atoms with Gasteiger partial charge in [-0.25, -0.2) is 0 Å². The highest BCUT2D eigenvalue weighted by Gasteiger charge is 2.24. The molecule has 2 aromatic carbocycles. The number of amides is 1. The van der Waals surface area contributed by atoms with Gasteiger partial charge in [0, 0.05) is 45.5 Å². The number of nitro benzene ring substituents is 1. The van der Waals surface area contributed by atoms with Crippen LogP contribution in [0.5, 0.6) is 0 Å². The van der Waals surface area contributed by atoms with Gasteiger partial charge < -0.3 is 9.64 Å². The number of ether oxygens (including phenoxy) is 1. The van der Waals surface area contributed by atoms with Gasteiger partial charge in [0.1, 0.15) is 5.69 Å². The molecule has 28 heavy (non-hydrogen) atoms. The van der Waals surface area contributed by atoms with Gasteiger partial charge in [-0.1, -0.05) is 18.2 Å². The van der Waals surface area contributed by atoms with Crippen LogP contribution in [0.2, 0.25) is 0 Å².